The first-order chi connectivity index (χ1) is 6.60. The second kappa shape index (κ2) is 3.96. The van der Waals surface area contributed by atoms with Gasteiger partial charge in [0.2, 0.25) is 0 Å². The Morgan fingerprint density at radius 3 is 2.43 bits per heavy atom. The van der Waals surface area contributed by atoms with E-state index in [4.69, 9.17) is 11.7 Å². The fraction of sp³-hybridized carbons (Fsp3) is 0.250. The molecule has 1 aromatic carbocycles. The molecule has 1 unspecified atom stereocenters. The summed E-state index contributed by atoms with van der Waals surface area (Å²) >= 11 is 0. The van der Waals surface area contributed by atoms with Gasteiger partial charge in [0.1, 0.15) is 0 Å². The van der Waals surface area contributed by atoms with E-state index in [-0.39, 0.29) is 6.42 Å². The molecule has 0 saturated carbocycles. The van der Waals surface area contributed by atoms with Crippen molar-refractivity contribution >= 4 is 0 Å². The van der Waals surface area contributed by atoms with Crippen LogP contribution in [0, 0.1) is 23.7 Å². The van der Waals surface area contributed by atoms with Crippen molar-refractivity contribution in [3.8, 4) is 18.4 Å². The molecular formula is C12H11NO. The molecule has 0 fully saturated rings. The highest BCUT2D eigenvalue weighted by Gasteiger charge is 2.21. The minimum atomic E-state index is -1.01. The van der Waals surface area contributed by atoms with E-state index in [2.05, 4.69) is 5.92 Å². The summed E-state index contributed by atoms with van der Waals surface area (Å²) in [5.41, 5.74) is 0.294. The highest BCUT2D eigenvalue weighted by molar-refractivity contribution is 5.34. The molecular weight excluding hydrogens is 174 g/mol. The van der Waals surface area contributed by atoms with Gasteiger partial charge in [-0.25, -0.2) is 0 Å². The van der Waals surface area contributed by atoms with E-state index in [0.717, 1.165) is 5.56 Å². The second-order valence-corrected chi connectivity index (χ2v) is 3.34. The van der Waals surface area contributed by atoms with Gasteiger partial charge in [0.15, 0.2) is 0 Å². The predicted molar refractivity (Wildman–Crippen MR) is 54.2 cm³/mol. The zero-order chi connectivity index (χ0) is 10.6. The highest BCUT2D eigenvalue weighted by atomic mass is 16.3. The lowest BCUT2D eigenvalue weighted by molar-refractivity contribution is 0.0629. The summed E-state index contributed by atoms with van der Waals surface area (Å²) in [5, 5.41) is 18.5. The summed E-state index contributed by atoms with van der Waals surface area (Å²) in [6.07, 6.45) is 5.41. The van der Waals surface area contributed by atoms with E-state index in [1.54, 1.807) is 31.2 Å². The van der Waals surface area contributed by atoms with Gasteiger partial charge in [0, 0.05) is 6.42 Å². The van der Waals surface area contributed by atoms with Crippen LogP contribution in [0.1, 0.15) is 24.5 Å². The van der Waals surface area contributed by atoms with Crippen LogP contribution >= 0.6 is 0 Å². The quantitative estimate of drug-likeness (QED) is 0.714. The van der Waals surface area contributed by atoms with Crippen LogP contribution in [0.5, 0.6) is 0 Å². The monoisotopic (exact) mass is 185 g/mol. The molecule has 0 amide bonds. The molecule has 0 aliphatic carbocycles. The van der Waals surface area contributed by atoms with Gasteiger partial charge in [-0.05, 0) is 24.6 Å². The summed E-state index contributed by atoms with van der Waals surface area (Å²) in [6, 6.07) is 8.79. The number of hydrogen-bond acceptors (Lipinski definition) is 2. The van der Waals surface area contributed by atoms with Crippen molar-refractivity contribution in [2.45, 2.75) is 18.9 Å². The van der Waals surface area contributed by atoms with Gasteiger partial charge >= 0.3 is 0 Å². The van der Waals surface area contributed by atoms with E-state index in [0.29, 0.717) is 5.56 Å². The van der Waals surface area contributed by atoms with Gasteiger partial charge in [-0.15, -0.1) is 12.3 Å². The first-order valence-electron chi connectivity index (χ1n) is 4.26. The first-order valence-corrected chi connectivity index (χ1v) is 4.26. The molecule has 14 heavy (non-hydrogen) atoms. The van der Waals surface area contributed by atoms with Crippen LogP contribution in [0.15, 0.2) is 24.3 Å². The van der Waals surface area contributed by atoms with Crippen molar-refractivity contribution in [2.75, 3.05) is 0 Å². The van der Waals surface area contributed by atoms with Crippen LogP contribution in [0.25, 0.3) is 0 Å². The molecule has 1 rings (SSSR count). The van der Waals surface area contributed by atoms with Gasteiger partial charge in [0.05, 0.1) is 17.2 Å². The van der Waals surface area contributed by atoms with E-state index >= 15 is 0 Å². The van der Waals surface area contributed by atoms with Crippen molar-refractivity contribution < 1.29 is 5.11 Å². The Morgan fingerprint density at radius 1 is 1.43 bits per heavy atom. The zero-order valence-corrected chi connectivity index (χ0v) is 7.99. The fourth-order valence-corrected chi connectivity index (χ4v) is 1.20. The lowest BCUT2D eigenvalue weighted by Crippen LogP contribution is -2.19. The molecule has 1 N–H and O–H groups in total. The van der Waals surface area contributed by atoms with Crippen molar-refractivity contribution in [1.82, 2.24) is 0 Å². The zero-order valence-electron chi connectivity index (χ0n) is 7.99. The maximum Gasteiger partial charge on any atom is 0.0991 e. The van der Waals surface area contributed by atoms with Crippen LogP contribution in [0.3, 0.4) is 0 Å². The Bertz CT molecular complexity index is 390. The third kappa shape index (κ3) is 2.13. The third-order valence-electron chi connectivity index (χ3n) is 2.08. The molecule has 0 aliphatic rings. The summed E-state index contributed by atoms with van der Waals surface area (Å²) < 4.78 is 0. The Hall–Kier alpha value is -1.77. The van der Waals surface area contributed by atoms with E-state index in [1.807, 2.05) is 6.07 Å². The number of benzene rings is 1. The molecule has 0 saturated heterocycles. The maximum atomic E-state index is 9.92. The van der Waals surface area contributed by atoms with E-state index in [1.165, 1.54) is 0 Å². The molecule has 1 atom stereocenters. The average Bonchev–Trinajstić information content (AvgIpc) is 2.18. The van der Waals surface area contributed by atoms with Crippen LogP contribution in [-0.2, 0) is 5.60 Å². The lowest BCUT2D eigenvalue weighted by atomic mass is 9.92. The number of hydrogen-bond donors (Lipinski definition) is 1. The number of nitrogens with zero attached hydrogens (tertiary/aromatic N) is 1. The fourth-order valence-electron chi connectivity index (χ4n) is 1.20. The number of rotatable bonds is 2. The minimum Gasteiger partial charge on any atom is -0.384 e. The molecule has 0 aliphatic heterocycles. The van der Waals surface area contributed by atoms with Gasteiger partial charge in [0.25, 0.3) is 0 Å². The first kappa shape index (κ1) is 10.3. The Morgan fingerprint density at radius 2 is 2.00 bits per heavy atom. The Kier molecular flexibility index (Phi) is 2.92. The molecule has 0 aromatic heterocycles. The van der Waals surface area contributed by atoms with E-state index in [9.17, 15) is 5.11 Å². The average molecular weight is 185 g/mol. The Balaban J connectivity index is 2.99. The van der Waals surface area contributed by atoms with Crippen molar-refractivity contribution in [1.29, 1.82) is 5.26 Å². The molecule has 0 radical (unpaired) electrons. The van der Waals surface area contributed by atoms with Crippen LogP contribution in [0.2, 0.25) is 0 Å². The van der Waals surface area contributed by atoms with Crippen LogP contribution < -0.4 is 0 Å². The highest BCUT2D eigenvalue weighted by Crippen LogP contribution is 2.23. The number of nitriles is 1. The lowest BCUT2D eigenvalue weighted by Gasteiger charge is -2.20. The molecule has 0 heterocycles. The molecule has 0 spiro atoms. The normalized spacial score (nSPS) is 13.7. The second-order valence-electron chi connectivity index (χ2n) is 3.34. The molecule has 70 valence electrons. The smallest absolute Gasteiger partial charge is 0.0991 e. The summed E-state index contributed by atoms with van der Waals surface area (Å²) in [4.78, 5) is 0. The SMILES string of the molecule is C#CCC(C)(O)c1ccc(C#N)cc1. The molecule has 1 aromatic rings. The van der Waals surface area contributed by atoms with Crippen molar-refractivity contribution in [3.05, 3.63) is 35.4 Å². The van der Waals surface area contributed by atoms with Gasteiger partial charge in [-0.2, -0.15) is 5.26 Å². The number of aliphatic hydroxyl groups is 1. The van der Waals surface area contributed by atoms with Crippen molar-refractivity contribution in [3.63, 3.8) is 0 Å². The topological polar surface area (TPSA) is 44.0 Å². The van der Waals surface area contributed by atoms with Crippen LogP contribution in [0.4, 0.5) is 0 Å². The predicted octanol–water partition coefficient (Wildman–Crippen LogP) is 1.79. The van der Waals surface area contributed by atoms with Gasteiger partial charge in [-0.1, -0.05) is 12.1 Å². The number of terminal acetylenes is 1. The minimum absolute atomic E-state index is 0.263. The van der Waals surface area contributed by atoms with Crippen molar-refractivity contribution in [2.24, 2.45) is 0 Å². The summed E-state index contributed by atoms with van der Waals surface area (Å²) in [6.45, 7) is 1.66. The van der Waals surface area contributed by atoms with Gasteiger partial charge < -0.3 is 5.11 Å². The molecule has 2 nitrogen and oxygen atoms in total. The molecule has 0 bridgehead atoms. The Labute approximate surface area is 83.8 Å². The molecule has 2 heteroatoms. The third-order valence-corrected chi connectivity index (χ3v) is 2.08. The summed E-state index contributed by atoms with van der Waals surface area (Å²) in [5.74, 6) is 2.42. The standard InChI is InChI=1S/C12H11NO/c1-3-8-12(2,14)11-6-4-10(9-13)5-7-11/h1,4-7,14H,8H2,2H3. The van der Waals surface area contributed by atoms with E-state index < -0.39 is 5.60 Å². The largest absolute Gasteiger partial charge is 0.384 e. The maximum absolute atomic E-state index is 9.92. The van der Waals surface area contributed by atoms with Crippen LogP contribution in [-0.4, -0.2) is 5.11 Å². The van der Waals surface area contributed by atoms with Gasteiger partial charge in [-0.3, -0.25) is 0 Å². The summed E-state index contributed by atoms with van der Waals surface area (Å²) in [7, 11) is 0.